The first kappa shape index (κ1) is 29.1. The number of fused-ring (bicyclic) bond motifs is 1. The number of hydrogen-bond donors (Lipinski definition) is 2. The summed E-state index contributed by atoms with van der Waals surface area (Å²) >= 11 is 6.60. The zero-order valence-electron chi connectivity index (χ0n) is 24.8. The van der Waals surface area contributed by atoms with Crippen LogP contribution in [0, 0.1) is 0 Å². The summed E-state index contributed by atoms with van der Waals surface area (Å²) in [6.07, 6.45) is 11.0. The molecule has 2 fully saturated rings. The van der Waals surface area contributed by atoms with Crippen molar-refractivity contribution in [3.05, 3.63) is 54.1 Å². The van der Waals surface area contributed by atoms with Crippen molar-refractivity contribution in [1.29, 1.82) is 0 Å². The summed E-state index contributed by atoms with van der Waals surface area (Å²) in [4.78, 5) is 34.9. The number of piperazine rings is 1. The molecule has 0 bridgehead atoms. The van der Waals surface area contributed by atoms with Crippen molar-refractivity contribution < 1.29 is 9.53 Å². The van der Waals surface area contributed by atoms with Crippen LogP contribution in [0.4, 0.5) is 16.6 Å². The number of nitrogens with one attached hydrogen (secondary N) is 1. The minimum Gasteiger partial charge on any atom is -0.444 e. The lowest BCUT2D eigenvalue weighted by atomic mass is 9.92. The smallest absolute Gasteiger partial charge is 0.410 e. The second-order valence-electron chi connectivity index (χ2n) is 12.3. The predicted octanol–water partition coefficient (Wildman–Crippen LogP) is 5.25. The molecule has 1 saturated carbocycles. The fraction of sp³-hybridized carbons (Fsp3) is 0.452. The largest absolute Gasteiger partial charge is 0.444 e. The van der Waals surface area contributed by atoms with Crippen LogP contribution in [0.25, 0.3) is 28.2 Å². The Bertz CT molecular complexity index is 1590. The van der Waals surface area contributed by atoms with E-state index in [9.17, 15) is 4.79 Å². The van der Waals surface area contributed by atoms with E-state index in [1.807, 2.05) is 55.8 Å². The second kappa shape index (κ2) is 12.0. The van der Waals surface area contributed by atoms with Crippen LogP contribution in [-0.2, 0) is 4.74 Å². The minimum atomic E-state index is -0.503. The molecule has 4 aromatic heterocycles. The topological polar surface area (TPSA) is 127 Å². The summed E-state index contributed by atoms with van der Waals surface area (Å²) in [5.41, 5.74) is 9.72. The molecular weight excluding hydrogens is 566 g/mol. The monoisotopic (exact) mass is 603 g/mol. The summed E-state index contributed by atoms with van der Waals surface area (Å²) < 4.78 is 7.51. The highest BCUT2D eigenvalue weighted by atomic mass is 35.5. The van der Waals surface area contributed by atoms with E-state index in [1.54, 1.807) is 17.3 Å². The molecule has 5 heterocycles. The number of aromatic nitrogens is 5. The van der Waals surface area contributed by atoms with Gasteiger partial charge in [0.05, 0.1) is 23.1 Å². The summed E-state index contributed by atoms with van der Waals surface area (Å²) in [5, 5.41) is 3.92. The average Bonchev–Trinajstić information content (AvgIpc) is 3.42. The molecular formula is C31H38ClN9O2. The third kappa shape index (κ3) is 6.67. The van der Waals surface area contributed by atoms with Crippen LogP contribution in [0.2, 0.25) is 5.02 Å². The molecule has 4 aromatic rings. The lowest BCUT2D eigenvalue weighted by molar-refractivity contribution is 0.0240. The van der Waals surface area contributed by atoms with Gasteiger partial charge in [-0.2, -0.15) is 0 Å². The van der Waals surface area contributed by atoms with Crippen molar-refractivity contribution in [3.8, 4) is 22.5 Å². The third-order valence-electron chi connectivity index (χ3n) is 7.93. The van der Waals surface area contributed by atoms with E-state index in [0.717, 1.165) is 54.0 Å². The van der Waals surface area contributed by atoms with Crippen molar-refractivity contribution in [2.45, 2.75) is 64.1 Å². The number of carbonyl (C=O) groups is 1. The molecule has 11 nitrogen and oxygen atoms in total. The molecule has 0 atom stereocenters. The van der Waals surface area contributed by atoms with Gasteiger partial charge in [-0.05, 0) is 70.7 Å². The number of imidazole rings is 1. The molecule has 2 aliphatic rings. The van der Waals surface area contributed by atoms with Gasteiger partial charge in [0.2, 0.25) is 5.95 Å². The van der Waals surface area contributed by atoms with E-state index in [2.05, 4.69) is 26.3 Å². The Labute approximate surface area is 256 Å². The number of nitrogens with zero attached hydrogens (tertiary/aromatic N) is 7. The van der Waals surface area contributed by atoms with Gasteiger partial charge in [0.15, 0.2) is 0 Å². The van der Waals surface area contributed by atoms with Crippen molar-refractivity contribution >= 4 is 35.1 Å². The zero-order valence-corrected chi connectivity index (χ0v) is 25.6. The lowest BCUT2D eigenvalue weighted by Crippen LogP contribution is -2.50. The van der Waals surface area contributed by atoms with Gasteiger partial charge >= 0.3 is 6.09 Å². The number of halogens is 1. The van der Waals surface area contributed by atoms with E-state index >= 15 is 0 Å². The number of pyridine rings is 2. The zero-order chi connectivity index (χ0) is 30.1. The van der Waals surface area contributed by atoms with E-state index in [-0.39, 0.29) is 12.1 Å². The van der Waals surface area contributed by atoms with Gasteiger partial charge in [0.25, 0.3) is 0 Å². The average molecular weight is 604 g/mol. The molecule has 0 aromatic carbocycles. The number of anilines is 2. The first-order chi connectivity index (χ1) is 20.6. The van der Waals surface area contributed by atoms with Crippen LogP contribution in [-0.4, -0.2) is 79.2 Å². The fourth-order valence-corrected chi connectivity index (χ4v) is 5.77. The maximum Gasteiger partial charge on any atom is 0.410 e. The van der Waals surface area contributed by atoms with Gasteiger partial charge in [-0.15, -0.1) is 0 Å². The van der Waals surface area contributed by atoms with Crippen LogP contribution in [0.1, 0.15) is 46.5 Å². The van der Waals surface area contributed by atoms with Gasteiger partial charge in [-0.1, -0.05) is 11.6 Å². The molecule has 0 unspecified atom stereocenters. The van der Waals surface area contributed by atoms with Crippen LogP contribution in [0.5, 0.6) is 0 Å². The number of nitrogens with two attached hydrogens (primary N) is 1. The Balaban J connectivity index is 1.17. The standard InChI is InChI=1S/C31H38ClN9O2/c1-31(2,3)43-30(42)40-14-12-39(13-15-40)26-10-4-20(16-34-26)21-5-11-27-35-18-25(41(27)19-21)28-24(32)17-36-29(38-28)37-23-8-6-22(33)7-9-23/h4-5,10-11,16-19,22-23H,6-9,12-15,33H2,1-3H3,(H,36,37,38)/t22-,23-. The Morgan fingerprint density at radius 1 is 0.953 bits per heavy atom. The van der Waals surface area contributed by atoms with E-state index in [1.165, 1.54) is 0 Å². The van der Waals surface area contributed by atoms with Crippen molar-refractivity contribution in [2.75, 3.05) is 36.4 Å². The highest BCUT2D eigenvalue weighted by Gasteiger charge is 2.26. The van der Waals surface area contributed by atoms with Gasteiger partial charge in [-0.3, -0.25) is 4.40 Å². The molecule has 6 rings (SSSR count). The summed E-state index contributed by atoms with van der Waals surface area (Å²) in [6, 6.07) is 8.67. The number of carbonyl (C=O) groups excluding carboxylic acids is 1. The summed E-state index contributed by atoms with van der Waals surface area (Å²) in [7, 11) is 0. The normalized spacial score (nSPS) is 19.5. The minimum absolute atomic E-state index is 0.269. The fourth-order valence-electron chi connectivity index (χ4n) is 5.58. The van der Waals surface area contributed by atoms with Gasteiger partial charge < -0.3 is 25.6 Å². The van der Waals surface area contributed by atoms with Gasteiger partial charge in [-0.25, -0.2) is 24.7 Å². The molecule has 0 radical (unpaired) electrons. The number of amides is 1. The molecule has 0 spiro atoms. The van der Waals surface area contributed by atoms with Crippen LogP contribution >= 0.6 is 11.6 Å². The quantitative estimate of drug-likeness (QED) is 0.314. The molecule has 1 aliphatic carbocycles. The Hall–Kier alpha value is -3.96. The number of ether oxygens (including phenoxy) is 1. The number of rotatable bonds is 5. The maximum absolute atomic E-state index is 12.4. The molecule has 1 saturated heterocycles. The first-order valence-electron chi connectivity index (χ1n) is 14.8. The van der Waals surface area contributed by atoms with E-state index in [0.29, 0.717) is 48.9 Å². The third-order valence-corrected chi connectivity index (χ3v) is 8.21. The lowest BCUT2D eigenvalue weighted by Gasteiger charge is -2.36. The van der Waals surface area contributed by atoms with Gasteiger partial charge in [0.1, 0.15) is 22.8 Å². The van der Waals surface area contributed by atoms with Gasteiger partial charge in [0, 0.05) is 61.8 Å². The SMILES string of the molecule is CC(C)(C)OC(=O)N1CCN(c2ccc(-c3ccc4ncc(-c5nc(N[C@H]6CC[C@H](N)CC6)ncc5Cl)n4c3)cn2)CC1. The van der Waals surface area contributed by atoms with E-state index < -0.39 is 5.60 Å². The Kier molecular flexibility index (Phi) is 8.11. The van der Waals surface area contributed by atoms with Crippen molar-refractivity contribution in [3.63, 3.8) is 0 Å². The highest BCUT2D eigenvalue weighted by molar-refractivity contribution is 6.32. The van der Waals surface area contributed by atoms with Crippen molar-refractivity contribution in [1.82, 2.24) is 29.2 Å². The first-order valence-corrected chi connectivity index (χ1v) is 15.2. The van der Waals surface area contributed by atoms with Crippen LogP contribution < -0.4 is 16.0 Å². The Morgan fingerprint density at radius 2 is 1.70 bits per heavy atom. The molecule has 12 heteroatoms. The molecule has 1 aliphatic heterocycles. The van der Waals surface area contributed by atoms with Crippen LogP contribution in [0.15, 0.2) is 49.1 Å². The second-order valence-corrected chi connectivity index (χ2v) is 12.7. The van der Waals surface area contributed by atoms with Crippen molar-refractivity contribution in [2.24, 2.45) is 5.73 Å². The molecule has 1 amide bonds. The Morgan fingerprint density at radius 3 is 2.40 bits per heavy atom. The maximum atomic E-state index is 12.4. The molecule has 43 heavy (non-hydrogen) atoms. The summed E-state index contributed by atoms with van der Waals surface area (Å²) in [5.74, 6) is 1.43. The van der Waals surface area contributed by atoms with E-state index in [4.69, 9.17) is 32.0 Å². The molecule has 3 N–H and O–H groups in total. The highest BCUT2D eigenvalue weighted by Crippen LogP contribution is 2.30. The predicted molar refractivity (Wildman–Crippen MR) is 168 cm³/mol. The summed E-state index contributed by atoms with van der Waals surface area (Å²) in [6.45, 7) is 8.22. The van der Waals surface area contributed by atoms with Crippen LogP contribution in [0.3, 0.4) is 0 Å². The number of hydrogen-bond acceptors (Lipinski definition) is 9. The molecule has 226 valence electrons.